The minimum atomic E-state index is -0.490. The number of nitrogens with two attached hydrogens (primary N) is 1. The van der Waals surface area contributed by atoms with Gasteiger partial charge in [-0.25, -0.2) is 0 Å². The molecule has 0 aromatic heterocycles. The number of nitrogens with zero attached hydrogens (tertiary/aromatic N) is 1. The number of aliphatic hydroxyl groups is 1. The van der Waals surface area contributed by atoms with Crippen molar-refractivity contribution in [1.82, 2.24) is 4.90 Å². The van der Waals surface area contributed by atoms with Gasteiger partial charge in [-0.1, -0.05) is 20.3 Å². The summed E-state index contributed by atoms with van der Waals surface area (Å²) >= 11 is 0. The summed E-state index contributed by atoms with van der Waals surface area (Å²) in [5.41, 5.74) is 5.28. The van der Waals surface area contributed by atoms with Gasteiger partial charge in [0.05, 0.1) is 5.60 Å². The molecule has 1 unspecified atom stereocenters. The van der Waals surface area contributed by atoms with Crippen molar-refractivity contribution in [2.24, 2.45) is 11.7 Å². The Labute approximate surface area is 93.6 Å². The molecule has 3 nitrogen and oxygen atoms in total. The molecule has 0 aliphatic carbocycles. The molecule has 0 bridgehead atoms. The van der Waals surface area contributed by atoms with Crippen LogP contribution >= 0.6 is 0 Å². The van der Waals surface area contributed by atoms with Gasteiger partial charge < -0.3 is 15.7 Å². The first-order valence-electron chi connectivity index (χ1n) is 6.31. The van der Waals surface area contributed by atoms with E-state index >= 15 is 0 Å². The van der Waals surface area contributed by atoms with E-state index in [4.69, 9.17) is 5.73 Å². The molecule has 0 spiro atoms. The van der Waals surface area contributed by atoms with E-state index in [1.54, 1.807) is 0 Å². The van der Waals surface area contributed by atoms with Gasteiger partial charge in [-0.3, -0.25) is 0 Å². The number of likely N-dealkylation sites (tertiary alicyclic amines) is 1. The van der Waals surface area contributed by atoms with Gasteiger partial charge in [0.2, 0.25) is 0 Å². The normalized spacial score (nSPS) is 24.0. The maximum absolute atomic E-state index is 10.6. The van der Waals surface area contributed by atoms with Crippen LogP contribution in [0.5, 0.6) is 0 Å². The SMILES string of the molecule is CCCC(CN)C1(O)CCN(CC)CC1. The van der Waals surface area contributed by atoms with E-state index in [2.05, 4.69) is 18.7 Å². The van der Waals surface area contributed by atoms with Gasteiger partial charge in [-0.2, -0.15) is 0 Å². The molecule has 1 saturated heterocycles. The van der Waals surface area contributed by atoms with Crippen LogP contribution < -0.4 is 5.73 Å². The highest BCUT2D eigenvalue weighted by Gasteiger charge is 2.37. The Morgan fingerprint density at radius 3 is 2.33 bits per heavy atom. The lowest BCUT2D eigenvalue weighted by molar-refractivity contribution is -0.0661. The van der Waals surface area contributed by atoms with Crippen molar-refractivity contribution < 1.29 is 5.11 Å². The summed E-state index contributed by atoms with van der Waals surface area (Å²) in [5, 5.41) is 10.6. The first kappa shape index (κ1) is 12.9. The summed E-state index contributed by atoms with van der Waals surface area (Å²) in [4.78, 5) is 2.40. The third-order valence-electron chi connectivity index (χ3n) is 3.85. The maximum atomic E-state index is 10.6. The molecule has 1 aliphatic heterocycles. The molecular formula is C12H26N2O. The van der Waals surface area contributed by atoms with Crippen LogP contribution in [0, 0.1) is 5.92 Å². The highest BCUT2D eigenvalue weighted by Crippen LogP contribution is 2.32. The van der Waals surface area contributed by atoms with Crippen molar-refractivity contribution >= 4 is 0 Å². The van der Waals surface area contributed by atoms with Crippen LogP contribution in [0.3, 0.4) is 0 Å². The van der Waals surface area contributed by atoms with Gasteiger partial charge in [0, 0.05) is 13.1 Å². The van der Waals surface area contributed by atoms with Crippen molar-refractivity contribution in [1.29, 1.82) is 0 Å². The number of rotatable bonds is 5. The van der Waals surface area contributed by atoms with Crippen molar-refractivity contribution in [2.75, 3.05) is 26.2 Å². The molecule has 90 valence electrons. The van der Waals surface area contributed by atoms with E-state index in [0.29, 0.717) is 12.5 Å². The number of hydrogen-bond donors (Lipinski definition) is 2. The fourth-order valence-electron chi connectivity index (χ4n) is 2.62. The molecule has 3 N–H and O–H groups in total. The largest absolute Gasteiger partial charge is 0.389 e. The van der Waals surface area contributed by atoms with Crippen molar-refractivity contribution in [3.05, 3.63) is 0 Å². The molecule has 0 radical (unpaired) electrons. The predicted molar refractivity (Wildman–Crippen MR) is 63.8 cm³/mol. The molecule has 1 atom stereocenters. The highest BCUT2D eigenvalue weighted by atomic mass is 16.3. The van der Waals surface area contributed by atoms with E-state index in [-0.39, 0.29) is 0 Å². The third-order valence-corrected chi connectivity index (χ3v) is 3.85. The van der Waals surface area contributed by atoms with Gasteiger partial charge in [-0.05, 0) is 38.3 Å². The average molecular weight is 214 g/mol. The minimum Gasteiger partial charge on any atom is -0.389 e. The van der Waals surface area contributed by atoms with Crippen LogP contribution in [0.2, 0.25) is 0 Å². The lowest BCUT2D eigenvalue weighted by atomic mass is 9.77. The lowest BCUT2D eigenvalue weighted by Crippen LogP contribution is -2.50. The number of piperidine rings is 1. The Balaban J connectivity index is 2.51. The van der Waals surface area contributed by atoms with E-state index in [9.17, 15) is 5.11 Å². The van der Waals surface area contributed by atoms with Gasteiger partial charge in [0.1, 0.15) is 0 Å². The molecule has 1 aliphatic rings. The van der Waals surface area contributed by atoms with Crippen LogP contribution in [0.1, 0.15) is 39.5 Å². The van der Waals surface area contributed by atoms with E-state index in [0.717, 1.165) is 45.3 Å². The zero-order valence-electron chi connectivity index (χ0n) is 10.2. The van der Waals surface area contributed by atoms with Crippen molar-refractivity contribution in [3.63, 3.8) is 0 Å². The average Bonchev–Trinajstić information content (AvgIpc) is 2.27. The Morgan fingerprint density at radius 2 is 1.93 bits per heavy atom. The Hall–Kier alpha value is -0.120. The summed E-state index contributed by atoms with van der Waals surface area (Å²) in [5.74, 6) is 0.293. The molecule has 0 amide bonds. The summed E-state index contributed by atoms with van der Waals surface area (Å²) in [7, 11) is 0. The van der Waals surface area contributed by atoms with Crippen LogP contribution in [0.25, 0.3) is 0 Å². The van der Waals surface area contributed by atoms with Crippen molar-refractivity contribution in [2.45, 2.75) is 45.1 Å². The fraction of sp³-hybridized carbons (Fsp3) is 1.00. The smallest absolute Gasteiger partial charge is 0.0712 e. The molecular weight excluding hydrogens is 188 g/mol. The topological polar surface area (TPSA) is 49.5 Å². The van der Waals surface area contributed by atoms with Crippen LogP contribution in [-0.2, 0) is 0 Å². The second kappa shape index (κ2) is 5.83. The lowest BCUT2D eigenvalue weighted by Gasteiger charge is -2.42. The minimum absolute atomic E-state index is 0.293. The van der Waals surface area contributed by atoms with Crippen LogP contribution in [0.4, 0.5) is 0 Å². The summed E-state index contributed by atoms with van der Waals surface area (Å²) in [6.45, 7) is 8.10. The van der Waals surface area contributed by atoms with Crippen molar-refractivity contribution in [3.8, 4) is 0 Å². The molecule has 15 heavy (non-hydrogen) atoms. The first-order valence-corrected chi connectivity index (χ1v) is 6.31. The predicted octanol–water partition coefficient (Wildman–Crippen LogP) is 1.21. The molecule has 1 heterocycles. The second-order valence-electron chi connectivity index (χ2n) is 4.76. The zero-order chi connectivity index (χ0) is 11.3. The summed E-state index contributed by atoms with van der Waals surface area (Å²) in [6, 6.07) is 0. The summed E-state index contributed by atoms with van der Waals surface area (Å²) < 4.78 is 0. The molecule has 1 fully saturated rings. The standard InChI is InChI=1S/C12H26N2O/c1-3-5-11(10-13)12(15)6-8-14(4-2)9-7-12/h11,15H,3-10,13H2,1-2H3. The van der Waals surface area contributed by atoms with E-state index in [1.165, 1.54) is 0 Å². The molecule has 0 saturated carbocycles. The van der Waals surface area contributed by atoms with Crippen LogP contribution in [0.15, 0.2) is 0 Å². The Morgan fingerprint density at radius 1 is 1.33 bits per heavy atom. The quantitative estimate of drug-likeness (QED) is 0.723. The van der Waals surface area contributed by atoms with E-state index in [1.807, 2.05) is 0 Å². The summed E-state index contributed by atoms with van der Waals surface area (Å²) in [6.07, 6.45) is 3.95. The van der Waals surface area contributed by atoms with Gasteiger partial charge in [0.25, 0.3) is 0 Å². The zero-order valence-corrected chi connectivity index (χ0v) is 10.2. The monoisotopic (exact) mass is 214 g/mol. The van der Waals surface area contributed by atoms with Gasteiger partial charge in [0.15, 0.2) is 0 Å². The highest BCUT2D eigenvalue weighted by molar-refractivity contribution is 4.91. The van der Waals surface area contributed by atoms with Crippen LogP contribution in [-0.4, -0.2) is 41.8 Å². The fourth-order valence-corrected chi connectivity index (χ4v) is 2.62. The Bertz CT molecular complexity index is 176. The molecule has 3 heteroatoms. The van der Waals surface area contributed by atoms with E-state index < -0.39 is 5.60 Å². The second-order valence-corrected chi connectivity index (χ2v) is 4.76. The Kier molecular flexibility index (Phi) is 5.03. The number of hydrogen-bond acceptors (Lipinski definition) is 3. The molecule has 0 aromatic rings. The third kappa shape index (κ3) is 3.16. The van der Waals surface area contributed by atoms with Gasteiger partial charge in [-0.15, -0.1) is 0 Å². The molecule has 1 rings (SSSR count). The maximum Gasteiger partial charge on any atom is 0.0712 e. The first-order chi connectivity index (χ1) is 7.16. The molecule has 0 aromatic carbocycles. The van der Waals surface area contributed by atoms with Gasteiger partial charge >= 0.3 is 0 Å².